The van der Waals surface area contributed by atoms with Gasteiger partial charge in [-0.2, -0.15) is 10.5 Å². The molecule has 0 heterocycles. The lowest BCUT2D eigenvalue weighted by molar-refractivity contribution is -0.142. The monoisotopic (exact) mass is 331 g/mol. The number of nitriles is 2. The topological polar surface area (TPSA) is 85.9 Å². The fourth-order valence-electron chi connectivity index (χ4n) is 2.38. The van der Waals surface area contributed by atoms with Crippen LogP contribution in [0, 0.1) is 22.7 Å². The second-order valence-electron chi connectivity index (χ2n) is 5.31. The largest absolute Gasteiger partial charge is 0.469 e. The van der Waals surface area contributed by atoms with E-state index in [2.05, 4.69) is 5.32 Å². The first-order valence-corrected chi connectivity index (χ1v) is 7.66. The number of methoxy groups -OCH3 is 1. The Morgan fingerprint density at radius 1 is 1.12 bits per heavy atom. The third kappa shape index (κ3) is 4.95. The van der Waals surface area contributed by atoms with Gasteiger partial charge in [0.25, 0.3) is 0 Å². The first-order valence-electron chi connectivity index (χ1n) is 7.66. The number of rotatable bonds is 6. The molecular weight excluding hydrogens is 314 g/mol. The molecule has 25 heavy (non-hydrogen) atoms. The van der Waals surface area contributed by atoms with Crippen molar-refractivity contribution in [2.24, 2.45) is 0 Å². The van der Waals surface area contributed by atoms with Crippen LogP contribution in [0.25, 0.3) is 0 Å². The molecule has 1 N–H and O–H groups in total. The number of carbonyl (C=O) groups is 1. The van der Waals surface area contributed by atoms with Crippen LogP contribution in [0.15, 0.2) is 66.4 Å². The van der Waals surface area contributed by atoms with Gasteiger partial charge in [-0.3, -0.25) is 4.79 Å². The van der Waals surface area contributed by atoms with Gasteiger partial charge in [0.15, 0.2) is 0 Å². The minimum Gasteiger partial charge on any atom is -0.469 e. The van der Waals surface area contributed by atoms with E-state index in [0.29, 0.717) is 6.42 Å². The molecule has 0 aliphatic heterocycles. The Morgan fingerprint density at radius 2 is 1.76 bits per heavy atom. The van der Waals surface area contributed by atoms with Gasteiger partial charge in [-0.15, -0.1) is 0 Å². The van der Waals surface area contributed by atoms with Crippen LogP contribution >= 0.6 is 0 Å². The third-order valence-corrected chi connectivity index (χ3v) is 3.71. The molecule has 0 aromatic heterocycles. The summed E-state index contributed by atoms with van der Waals surface area (Å²) in [5, 5.41) is 20.3. The van der Waals surface area contributed by atoms with E-state index in [4.69, 9.17) is 15.3 Å². The zero-order valence-corrected chi connectivity index (χ0v) is 13.8. The van der Waals surface area contributed by atoms with E-state index in [1.807, 2.05) is 54.6 Å². The molecule has 0 radical (unpaired) electrons. The number of ether oxygens (including phenoxy) is 1. The minimum absolute atomic E-state index is 0.00101. The third-order valence-electron chi connectivity index (χ3n) is 3.71. The normalized spacial score (nSPS) is 10.7. The van der Waals surface area contributed by atoms with Crippen molar-refractivity contribution in [1.29, 1.82) is 10.5 Å². The molecule has 0 saturated heterocycles. The van der Waals surface area contributed by atoms with Gasteiger partial charge in [0.2, 0.25) is 0 Å². The SMILES string of the molecule is COC(=O)C(Cc1ccc(NC=C(C#N)C#N)cc1)c1ccccc1. The molecule has 0 spiro atoms. The number of carbonyl (C=O) groups excluding carboxylic acids is 1. The molecule has 2 rings (SSSR count). The molecule has 0 aliphatic rings. The standard InChI is InChI=1S/C20H17N3O2/c1-25-20(24)19(17-5-3-2-4-6-17)11-15-7-9-18(10-8-15)23-14-16(12-21)13-22/h2-10,14,19,23H,11H2,1H3. The number of hydrogen-bond donors (Lipinski definition) is 1. The Labute approximate surface area is 146 Å². The predicted molar refractivity (Wildman–Crippen MR) is 94.3 cm³/mol. The fourth-order valence-corrected chi connectivity index (χ4v) is 2.38. The molecule has 2 aromatic carbocycles. The summed E-state index contributed by atoms with van der Waals surface area (Å²) in [5.41, 5.74) is 2.64. The number of nitrogens with one attached hydrogen (secondary N) is 1. The second-order valence-corrected chi connectivity index (χ2v) is 5.31. The molecule has 0 fully saturated rings. The lowest BCUT2D eigenvalue weighted by Crippen LogP contribution is -2.16. The molecule has 1 atom stereocenters. The summed E-state index contributed by atoms with van der Waals surface area (Å²) < 4.78 is 4.93. The summed E-state index contributed by atoms with van der Waals surface area (Å²) >= 11 is 0. The molecule has 0 bridgehead atoms. The molecule has 1 unspecified atom stereocenters. The van der Waals surface area contributed by atoms with E-state index in [9.17, 15) is 4.79 Å². The van der Waals surface area contributed by atoms with Gasteiger partial charge in [-0.25, -0.2) is 0 Å². The molecule has 5 nitrogen and oxygen atoms in total. The van der Waals surface area contributed by atoms with E-state index >= 15 is 0 Å². The molecule has 0 aliphatic carbocycles. The molecular formula is C20H17N3O2. The van der Waals surface area contributed by atoms with Crippen LogP contribution in [0.3, 0.4) is 0 Å². The fraction of sp³-hybridized carbons (Fsp3) is 0.150. The van der Waals surface area contributed by atoms with Gasteiger partial charge in [0, 0.05) is 11.9 Å². The van der Waals surface area contributed by atoms with Crippen LogP contribution in [0.4, 0.5) is 5.69 Å². The Morgan fingerprint density at radius 3 is 2.32 bits per heavy atom. The van der Waals surface area contributed by atoms with Crippen molar-refractivity contribution in [3.8, 4) is 12.1 Å². The molecule has 0 amide bonds. The highest BCUT2D eigenvalue weighted by Crippen LogP contribution is 2.23. The second kappa shape index (κ2) is 8.90. The van der Waals surface area contributed by atoms with Crippen molar-refractivity contribution in [2.45, 2.75) is 12.3 Å². The van der Waals surface area contributed by atoms with Crippen molar-refractivity contribution < 1.29 is 9.53 Å². The maximum absolute atomic E-state index is 12.1. The number of anilines is 1. The van der Waals surface area contributed by atoms with Crippen LogP contribution in [0.5, 0.6) is 0 Å². The predicted octanol–water partition coefficient (Wildman–Crippen LogP) is 3.53. The van der Waals surface area contributed by atoms with Crippen molar-refractivity contribution in [1.82, 2.24) is 0 Å². The Balaban J connectivity index is 2.13. The quantitative estimate of drug-likeness (QED) is 0.646. The lowest BCUT2D eigenvalue weighted by atomic mass is 9.92. The number of nitrogens with zero attached hydrogens (tertiary/aromatic N) is 2. The van der Waals surface area contributed by atoms with Crippen LogP contribution in [-0.4, -0.2) is 13.1 Å². The van der Waals surface area contributed by atoms with Crippen molar-refractivity contribution >= 4 is 11.7 Å². The molecule has 5 heteroatoms. The zero-order chi connectivity index (χ0) is 18.1. The summed E-state index contributed by atoms with van der Waals surface area (Å²) in [6, 6.07) is 20.5. The number of esters is 1. The van der Waals surface area contributed by atoms with E-state index in [1.165, 1.54) is 13.3 Å². The average Bonchev–Trinajstić information content (AvgIpc) is 2.68. The summed E-state index contributed by atoms with van der Waals surface area (Å²) in [6.07, 6.45) is 1.88. The summed E-state index contributed by atoms with van der Waals surface area (Å²) in [6.45, 7) is 0. The number of benzene rings is 2. The van der Waals surface area contributed by atoms with Crippen molar-refractivity contribution in [3.63, 3.8) is 0 Å². The first-order chi connectivity index (χ1) is 12.2. The van der Waals surface area contributed by atoms with Gasteiger partial charge >= 0.3 is 5.97 Å². The number of allylic oxidation sites excluding steroid dienone is 1. The van der Waals surface area contributed by atoms with Crippen LogP contribution in [0.2, 0.25) is 0 Å². The smallest absolute Gasteiger partial charge is 0.313 e. The van der Waals surface area contributed by atoms with Gasteiger partial charge < -0.3 is 10.1 Å². The maximum atomic E-state index is 12.1. The van der Waals surface area contributed by atoms with Crippen molar-refractivity contribution in [3.05, 3.63) is 77.5 Å². The number of hydrogen-bond acceptors (Lipinski definition) is 5. The van der Waals surface area contributed by atoms with Crippen LogP contribution in [-0.2, 0) is 16.0 Å². The lowest BCUT2D eigenvalue weighted by Gasteiger charge is -2.15. The highest BCUT2D eigenvalue weighted by Gasteiger charge is 2.21. The molecule has 124 valence electrons. The summed E-state index contributed by atoms with van der Waals surface area (Å²) in [7, 11) is 1.39. The van der Waals surface area contributed by atoms with Crippen LogP contribution in [0.1, 0.15) is 17.0 Å². The van der Waals surface area contributed by atoms with Gasteiger partial charge in [0.05, 0.1) is 13.0 Å². The Kier molecular flexibility index (Phi) is 6.33. The highest BCUT2D eigenvalue weighted by atomic mass is 16.5. The van der Waals surface area contributed by atoms with Gasteiger partial charge in [-0.1, -0.05) is 42.5 Å². The van der Waals surface area contributed by atoms with Gasteiger partial charge in [0.1, 0.15) is 17.7 Å². The average molecular weight is 331 g/mol. The zero-order valence-electron chi connectivity index (χ0n) is 13.8. The molecule has 2 aromatic rings. The van der Waals surface area contributed by atoms with E-state index < -0.39 is 0 Å². The van der Waals surface area contributed by atoms with E-state index in [0.717, 1.165) is 16.8 Å². The first kappa shape index (κ1) is 17.8. The summed E-state index contributed by atoms with van der Waals surface area (Å²) in [4.78, 5) is 12.1. The summed E-state index contributed by atoms with van der Waals surface area (Å²) in [5.74, 6) is -0.641. The minimum atomic E-state index is -0.367. The Bertz CT molecular complexity index is 812. The van der Waals surface area contributed by atoms with Gasteiger partial charge in [-0.05, 0) is 29.7 Å². The van der Waals surface area contributed by atoms with Crippen LogP contribution < -0.4 is 5.32 Å². The highest BCUT2D eigenvalue weighted by molar-refractivity contribution is 5.78. The maximum Gasteiger partial charge on any atom is 0.313 e. The van der Waals surface area contributed by atoms with E-state index in [-0.39, 0.29) is 17.5 Å². The Hall–Kier alpha value is -3.57. The molecule has 0 saturated carbocycles. The van der Waals surface area contributed by atoms with E-state index in [1.54, 1.807) is 12.1 Å². The van der Waals surface area contributed by atoms with Crippen molar-refractivity contribution in [2.75, 3.05) is 12.4 Å².